The fourth-order valence-electron chi connectivity index (χ4n) is 2.26. The third-order valence-corrected chi connectivity index (χ3v) is 3.19. The van der Waals surface area contributed by atoms with E-state index in [0.29, 0.717) is 6.04 Å². The number of pyridine rings is 1. The SMILES string of the molecule is CCNC(CCc1ccccn1)Cc1ccn(C)n1. The highest BCUT2D eigenvalue weighted by molar-refractivity contribution is 5.05. The van der Waals surface area contributed by atoms with E-state index in [2.05, 4.69) is 34.5 Å². The van der Waals surface area contributed by atoms with Crippen LogP contribution >= 0.6 is 0 Å². The summed E-state index contributed by atoms with van der Waals surface area (Å²) in [5.74, 6) is 0. The second-order valence-electron chi connectivity index (χ2n) is 4.80. The van der Waals surface area contributed by atoms with Gasteiger partial charge < -0.3 is 5.32 Å². The van der Waals surface area contributed by atoms with Crippen molar-refractivity contribution in [1.29, 1.82) is 0 Å². The van der Waals surface area contributed by atoms with E-state index in [4.69, 9.17) is 0 Å². The van der Waals surface area contributed by atoms with E-state index in [1.807, 2.05) is 36.3 Å². The summed E-state index contributed by atoms with van der Waals surface area (Å²) in [6.45, 7) is 3.13. The Morgan fingerprint density at radius 1 is 1.26 bits per heavy atom. The second-order valence-corrected chi connectivity index (χ2v) is 4.80. The molecule has 1 atom stereocenters. The zero-order chi connectivity index (χ0) is 13.5. The van der Waals surface area contributed by atoms with Gasteiger partial charge in [0.25, 0.3) is 0 Å². The Labute approximate surface area is 114 Å². The Hall–Kier alpha value is -1.68. The third-order valence-electron chi connectivity index (χ3n) is 3.19. The van der Waals surface area contributed by atoms with E-state index in [9.17, 15) is 0 Å². The van der Waals surface area contributed by atoms with Crippen molar-refractivity contribution in [2.45, 2.75) is 32.2 Å². The minimum atomic E-state index is 0.460. The van der Waals surface area contributed by atoms with E-state index in [0.717, 1.165) is 37.2 Å². The molecular weight excluding hydrogens is 236 g/mol. The smallest absolute Gasteiger partial charge is 0.0640 e. The minimum absolute atomic E-state index is 0.460. The second kappa shape index (κ2) is 7.04. The van der Waals surface area contributed by atoms with Gasteiger partial charge >= 0.3 is 0 Å². The predicted octanol–water partition coefficient (Wildman–Crippen LogP) is 1.97. The van der Waals surface area contributed by atoms with Crippen molar-refractivity contribution >= 4 is 0 Å². The zero-order valence-corrected chi connectivity index (χ0v) is 11.7. The van der Waals surface area contributed by atoms with Gasteiger partial charge in [-0.15, -0.1) is 0 Å². The number of hydrogen-bond acceptors (Lipinski definition) is 3. The largest absolute Gasteiger partial charge is 0.314 e. The van der Waals surface area contributed by atoms with Crippen LogP contribution in [0.15, 0.2) is 36.7 Å². The number of hydrogen-bond donors (Lipinski definition) is 1. The van der Waals surface area contributed by atoms with Gasteiger partial charge in [0.05, 0.1) is 5.69 Å². The molecule has 0 radical (unpaired) electrons. The molecular formula is C15H22N4. The van der Waals surface area contributed by atoms with Crippen LogP contribution in [-0.4, -0.2) is 27.4 Å². The molecule has 2 rings (SSSR count). The topological polar surface area (TPSA) is 42.7 Å². The number of aryl methyl sites for hydroxylation is 2. The first-order valence-electron chi connectivity index (χ1n) is 6.89. The van der Waals surface area contributed by atoms with Crippen molar-refractivity contribution in [3.05, 3.63) is 48.0 Å². The summed E-state index contributed by atoms with van der Waals surface area (Å²) in [6.07, 6.45) is 6.92. The lowest BCUT2D eigenvalue weighted by molar-refractivity contribution is 0.482. The molecule has 1 unspecified atom stereocenters. The van der Waals surface area contributed by atoms with E-state index in [1.165, 1.54) is 0 Å². The van der Waals surface area contributed by atoms with Gasteiger partial charge in [-0.05, 0) is 37.6 Å². The lowest BCUT2D eigenvalue weighted by Crippen LogP contribution is -2.31. The Morgan fingerprint density at radius 2 is 2.16 bits per heavy atom. The highest BCUT2D eigenvalue weighted by atomic mass is 15.2. The number of nitrogens with one attached hydrogen (secondary N) is 1. The van der Waals surface area contributed by atoms with Crippen molar-refractivity contribution in [3.63, 3.8) is 0 Å². The highest BCUT2D eigenvalue weighted by Gasteiger charge is 2.10. The molecule has 0 saturated carbocycles. The maximum absolute atomic E-state index is 4.45. The lowest BCUT2D eigenvalue weighted by Gasteiger charge is -2.16. The van der Waals surface area contributed by atoms with Crippen LogP contribution in [0.4, 0.5) is 0 Å². The van der Waals surface area contributed by atoms with Crippen LogP contribution in [0.25, 0.3) is 0 Å². The van der Waals surface area contributed by atoms with Gasteiger partial charge in [0.2, 0.25) is 0 Å². The van der Waals surface area contributed by atoms with Crippen LogP contribution in [0, 0.1) is 0 Å². The number of nitrogens with zero attached hydrogens (tertiary/aromatic N) is 3. The van der Waals surface area contributed by atoms with Crippen LogP contribution in [0.1, 0.15) is 24.7 Å². The number of rotatable bonds is 7. The molecule has 0 aliphatic heterocycles. The van der Waals surface area contributed by atoms with E-state index < -0.39 is 0 Å². The van der Waals surface area contributed by atoms with E-state index >= 15 is 0 Å². The molecule has 0 aromatic carbocycles. The number of aromatic nitrogens is 3. The fraction of sp³-hybridized carbons (Fsp3) is 0.467. The van der Waals surface area contributed by atoms with Gasteiger partial charge in [-0.2, -0.15) is 5.10 Å². The summed E-state index contributed by atoms with van der Waals surface area (Å²) in [4.78, 5) is 4.37. The van der Waals surface area contributed by atoms with Gasteiger partial charge in [-0.1, -0.05) is 13.0 Å². The summed E-state index contributed by atoms with van der Waals surface area (Å²) >= 11 is 0. The van der Waals surface area contributed by atoms with Gasteiger partial charge in [0.1, 0.15) is 0 Å². The first kappa shape index (κ1) is 13.7. The maximum atomic E-state index is 4.45. The molecule has 0 aliphatic carbocycles. The molecule has 4 nitrogen and oxygen atoms in total. The highest BCUT2D eigenvalue weighted by Crippen LogP contribution is 2.07. The Bertz CT molecular complexity index is 478. The normalized spacial score (nSPS) is 12.5. The molecule has 0 spiro atoms. The molecule has 2 heterocycles. The maximum Gasteiger partial charge on any atom is 0.0640 e. The van der Waals surface area contributed by atoms with Crippen molar-refractivity contribution in [3.8, 4) is 0 Å². The number of likely N-dealkylation sites (N-methyl/N-ethyl adjacent to an activating group) is 1. The molecule has 0 aliphatic rings. The van der Waals surface area contributed by atoms with Crippen molar-refractivity contribution < 1.29 is 0 Å². The molecule has 4 heteroatoms. The standard InChI is InChI=1S/C15H22N4/c1-3-16-14(12-15-9-11-19(2)18-15)8-7-13-6-4-5-10-17-13/h4-6,9-11,14,16H,3,7-8,12H2,1-2H3. The summed E-state index contributed by atoms with van der Waals surface area (Å²) in [5.41, 5.74) is 2.31. The van der Waals surface area contributed by atoms with E-state index in [1.54, 1.807) is 0 Å². The average molecular weight is 258 g/mol. The molecule has 0 fully saturated rings. The summed E-state index contributed by atoms with van der Waals surface area (Å²) in [7, 11) is 1.96. The quantitative estimate of drug-likeness (QED) is 0.825. The van der Waals surface area contributed by atoms with Gasteiger partial charge in [0.15, 0.2) is 0 Å². The van der Waals surface area contributed by atoms with E-state index in [-0.39, 0.29) is 0 Å². The van der Waals surface area contributed by atoms with Crippen molar-refractivity contribution in [2.24, 2.45) is 7.05 Å². The van der Waals surface area contributed by atoms with Gasteiger partial charge in [-0.3, -0.25) is 9.67 Å². The van der Waals surface area contributed by atoms with Crippen LogP contribution in [0.2, 0.25) is 0 Å². The molecule has 19 heavy (non-hydrogen) atoms. The van der Waals surface area contributed by atoms with Crippen LogP contribution < -0.4 is 5.32 Å². The first-order chi connectivity index (χ1) is 9.28. The monoisotopic (exact) mass is 258 g/mol. The average Bonchev–Trinajstić information content (AvgIpc) is 2.83. The summed E-state index contributed by atoms with van der Waals surface area (Å²) in [6, 6.07) is 8.64. The molecule has 0 amide bonds. The molecule has 0 saturated heterocycles. The molecule has 102 valence electrons. The zero-order valence-electron chi connectivity index (χ0n) is 11.7. The summed E-state index contributed by atoms with van der Waals surface area (Å²) < 4.78 is 1.86. The molecule has 0 bridgehead atoms. The third kappa shape index (κ3) is 4.48. The lowest BCUT2D eigenvalue weighted by atomic mass is 10.0. The first-order valence-corrected chi connectivity index (χ1v) is 6.89. The van der Waals surface area contributed by atoms with Crippen molar-refractivity contribution in [2.75, 3.05) is 6.54 Å². The summed E-state index contributed by atoms with van der Waals surface area (Å²) in [5, 5.41) is 7.98. The van der Waals surface area contributed by atoms with Gasteiger partial charge in [0, 0.05) is 37.6 Å². The molecule has 2 aromatic heterocycles. The minimum Gasteiger partial charge on any atom is -0.314 e. The fourth-order valence-corrected chi connectivity index (χ4v) is 2.26. The Kier molecular flexibility index (Phi) is 5.10. The Morgan fingerprint density at radius 3 is 2.79 bits per heavy atom. The van der Waals surface area contributed by atoms with Crippen LogP contribution in [-0.2, 0) is 19.9 Å². The molecule has 1 N–H and O–H groups in total. The van der Waals surface area contributed by atoms with Crippen LogP contribution in [0.5, 0.6) is 0 Å². The predicted molar refractivity (Wildman–Crippen MR) is 76.9 cm³/mol. The Balaban J connectivity index is 1.89. The molecule has 2 aromatic rings. The van der Waals surface area contributed by atoms with Crippen LogP contribution in [0.3, 0.4) is 0 Å². The van der Waals surface area contributed by atoms with Crippen molar-refractivity contribution in [1.82, 2.24) is 20.1 Å². The van der Waals surface area contributed by atoms with Gasteiger partial charge in [-0.25, -0.2) is 0 Å².